The zero-order chi connectivity index (χ0) is 21.4. The third-order valence-corrected chi connectivity index (χ3v) is 5.07. The van der Waals surface area contributed by atoms with Crippen LogP contribution in [0.15, 0.2) is 48.5 Å². The summed E-state index contributed by atoms with van der Waals surface area (Å²) in [5, 5.41) is 10.1. The van der Waals surface area contributed by atoms with E-state index in [4.69, 9.17) is 4.74 Å². The highest BCUT2D eigenvalue weighted by Crippen LogP contribution is 2.35. The van der Waals surface area contributed by atoms with Crippen molar-refractivity contribution < 1.29 is 27.8 Å². The number of thioether (sulfide) groups is 1. The summed E-state index contributed by atoms with van der Waals surface area (Å²) in [5.41, 5.74) is 0.694. The number of ether oxygens (including phenoxy) is 1. The number of nitrogens with zero attached hydrogens (tertiary/aromatic N) is 1. The predicted molar refractivity (Wildman–Crippen MR) is 108 cm³/mol. The molecule has 1 amide bonds. The van der Waals surface area contributed by atoms with Gasteiger partial charge in [-0.05, 0) is 35.6 Å². The number of carbonyl (C=O) groups is 1. The van der Waals surface area contributed by atoms with Crippen molar-refractivity contribution in [1.29, 1.82) is 0 Å². The van der Waals surface area contributed by atoms with Gasteiger partial charge in [-0.25, -0.2) is 0 Å². The number of amides is 1. The smallest absolute Gasteiger partial charge is 0.419 e. The van der Waals surface area contributed by atoms with Gasteiger partial charge in [0.25, 0.3) is 5.91 Å². The summed E-state index contributed by atoms with van der Waals surface area (Å²) in [6, 6.07) is 12.0. The van der Waals surface area contributed by atoms with Gasteiger partial charge in [-0.3, -0.25) is 4.79 Å². The molecule has 2 aromatic rings. The lowest BCUT2D eigenvalue weighted by Gasteiger charge is -2.22. The minimum absolute atomic E-state index is 0.0690. The van der Waals surface area contributed by atoms with Crippen molar-refractivity contribution in [3.05, 3.63) is 65.2 Å². The van der Waals surface area contributed by atoms with Crippen LogP contribution in [0.2, 0.25) is 0 Å². The van der Waals surface area contributed by atoms with Gasteiger partial charge in [0.05, 0.1) is 5.56 Å². The predicted octanol–water partition coefficient (Wildman–Crippen LogP) is 4.47. The third-order valence-electron chi connectivity index (χ3n) is 4.13. The Labute approximate surface area is 172 Å². The number of alkyl halides is 3. The van der Waals surface area contributed by atoms with Crippen LogP contribution in [0, 0.1) is 0 Å². The first kappa shape index (κ1) is 23.1. The van der Waals surface area contributed by atoms with Gasteiger partial charge >= 0.3 is 6.18 Å². The standard InChI is InChI=1S/C21H24F3NO3S/c1-3-29-14-15-8-10-16(11-9-15)20(27)25(2)12-17(26)13-28-19-7-5-4-6-18(19)21(22,23)24/h4-11,17,26H,3,12-14H2,1-2H3/t17-/m1/s1. The van der Waals surface area contributed by atoms with Gasteiger partial charge in [0.15, 0.2) is 0 Å². The van der Waals surface area contributed by atoms with Gasteiger partial charge in [-0.1, -0.05) is 31.2 Å². The second-order valence-corrected chi connectivity index (χ2v) is 7.75. The summed E-state index contributed by atoms with van der Waals surface area (Å²) >= 11 is 1.78. The van der Waals surface area contributed by atoms with Gasteiger partial charge < -0.3 is 14.7 Å². The summed E-state index contributed by atoms with van der Waals surface area (Å²) in [5.74, 6) is 1.25. The molecule has 0 spiro atoms. The normalized spacial score (nSPS) is 12.5. The molecule has 0 saturated carbocycles. The number of aliphatic hydroxyl groups excluding tert-OH is 1. The Hall–Kier alpha value is -2.19. The van der Waals surface area contributed by atoms with Gasteiger partial charge in [0, 0.05) is 24.9 Å². The molecular formula is C21H24F3NO3S. The summed E-state index contributed by atoms with van der Waals surface area (Å²) in [7, 11) is 1.52. The summed E-state index contributed by atoms with van der Waals surface area (Å²) in [4.78, 5) is 13.8. The molecular weight excluding hydrogens is 403 g/mol. The van der Waals surface area contributed by atoms with E-state index in [2.05, 4.69) is 6.92 Å². The second kappa shape index (κ2) is 10.5. The van der Waals surface area contributed by atoms with E-state index in [-0.39, 0.29) is 24.8 Å². The maximum Gasteiger partial charge on any atom is 0.419 e. The molecule has 158 valence electrons. The summed E-state index contributed by atoms with van der Waals surface area (Å²) < 4.78 is 44.1. The number of aliphatic hydroxyl groups is 1. The van der Waals surface area contributed by atoms with Crippen molar-refractivity contribution in [2.75, 3.05) is 26.0 Å². The van der Waals surface area contributed by atoms with Crippen LogP contribution in [-0.4, -0.2) is 48.0 Å². The molecule has 0 aliphatic carbocycles. The first-order valence-corrected chi connectivity index (χ1v) is 10.3. The Bertz CT molecular complexity index is 797. The fraction of sp³-hybridized carbons (Fsp3) is 0.381. The van der Waals surface area contributed by atoms with Gasteiger partial charge in [-0.15, -0.1) is 0 Å². The minimum Gasteiger partial charge on any atom is -0.490 e. The molecule has 0 aromatic heterocycles. The van der Waals surface area contributed by atoms with Crippen molar-refractivity contribution in [3.8, 4) is 5.75 Å². The molecule has 1 atom stereocenters. The Kier molecular flexibility index (Phi) is 8.40. The van der Waals surface area contributed by atoms with Gasteiger partial charge in [-0.2, -0.15) is 24.9 Å². The van der Waals surface area contributed by atoms with Crippen LogP contribution in [0.25, 0.3) is 0 Å². The lowest BCUT2D eigenvalue weighted by atomic mass is 10.1. The van der Waals surface area contributed by atoms with Crippen LogP contribution in [0.4, 0.5) is 13.2 Å². The van der Waals surface area contributed by atoms with Crippen molar-refractivity contribution in [2.24, 2.45) is 0 Å². The number of benzene rings is 2. The van der Waals surface area contributed by atoms with Crippen LogP contribution in [0.1, 0.15) is 28.4 Å². The molecule has 0 unspecified atom stereocenters. The van der Waals surface area contributed by atoms with E-state index < -0.39 is 17.8 Å². The molecule has 2 rings (SSSR count). The SMILES string of the molecule is CCSCc1ccc(C(=O)N(C)C[C@@H](O)COc2ccccc2C(F)(F)F)cc1. The van der Waals surface area contributed by atoms with E-state index in [1.54, 1.807) is 23.9 Å². The molecule has 0 heterocycles. The Morgan fingerprint density at radius 2 is 1.83 bits per heavy atom. The number of hydrogen-bond donors (Lipinski definition) is 1. The molecule has 1 N–H and O–H groups in total. The monoisotopic (exact) mass is 427 g/mol. The molecule has 0 bridgehead atoms. The molecule has 0 saturated heterocycles. The lowest BCUT2D eigenvalue weighted by Crippen LogP contribution is -2.37. The average Bonchev–Trinajstić information content (AvgIpc) is 2.70. The van der Waals surface area contributed by atoms with Crippen LogP contribution in [-0.2, 0) is 11.9 Å². The number of rotatable bonds is 9. The largest absolute Gasteiger partial charge is 0.490 e. The quantitative estimate of drug-likeness (QED) is 0.642. The van der Waals surface area contributed by atoms with Crippen molar-refractivity contribution >= 4 is 17.7 Å². The van der Waals surface area contributed by atoms with E-state index in [0.29, 0.717) is 5.56 Å². The Morgan fingerprint density at radius 3 is 2.45 bits per heavy atom. The fourth-order valence-corrected chi connectivity index (χ4v) is 3.28. The van der Waals surface area contributed by atoms with Crippen molar-refractivity contribution in [2.45, 2.75) is 25.0 Å². The van der Waals surface area contributed by atoms with Crippen molar-refractivity contribution in [3.63, 3.8) is 0 Å². The Balaban J connectivity index is 1.90. The minimum atomic E-state index is -4.55. The first-order valence-electron chi connectivity index (χ1n) is 9.11. The Morgan fingerprint density at radius 1 is 1.17 bits per heavy atom. The molecule has 4 nitrogen and oxygen atoms in total. The van der Waals surface area contributed by atoms with Crippen LogP contribution >= 0.6 is 11.8 Å². The highest BCUT2D eigenvalue weighted by Gasteiger charge is 2.34. The van der Waals surface area contributed by atoms with E-state index in [1.807, 2.05) is 12.1 Å². The number of hydrogen-bond acceptors (Lipinski definition) is 4. The molecule has 0 aliphatic rings. The zero-order valence-corrected chi connectivity index (χ0v) is 17.1. The second-order valence-electron chi connectivity index (χ2n) is 6.48. The van der Waals surface area contributed by atoms with Crippen LogP contribution in [0.3, 0.4) is 0 Å². The fourth-order valence-electron chi connectivity index (χ4n) is 2.65. The highest BCUT2D eigenvalue weighted by atomic mass is 32.2. The average molecular weight is 427 g/mol. The number of para-hydroxylation sites is 1. The first-order chi connectivity index (χ1) is 13.7. The van der Waals surface area contributed by atoms with Gasteiger partial charge in [0.2, 0.25) is 0 Å². The number of halogens is 3. The van der Waals surface area contributed by atoms with E-state index in [9.17, 15) is 23.1 Å². The van der Waals surface area contributed by atoms with E-state index in [1.165, 1.54) is 30.1 Å². The summed E-state index contributed by atoms with van der Waals surface area (Å²) in [6.07, 6.45) is -5.68. The highest BCUT2D eigenvalue weighted by molar-refractivity contribution is 7.98. The number of carbonyl (C=O) groups excluding carboxylic acids is 1. The lowest BCUT2D eigenvalue weighted by molar-refractivity contribution is -0.139. The van der Waals surface area contributed by atoms with Gasteiger partial charge in [0.1, 0.15) is 18.5 Å². The molecule has 29 heavy (non-hydrogen) atoms. The van der Waals surface area contributed by atoms with Crippen LogP contribution in [0.5, 0.6) is 5.75 Å². The van der Waals surface area contributed by atoms with E-state index >= 15 is 0 Å². The van der Waals surface area contributed by atoms with Crippen LogP contribution < -0.4 is 4.74 Å². The molecule has 0 fully saturated rings. The molecule has 0 aliphatic heterocycles. The summed E-state index contributed by atoms with van der Waals surface area (Å²) in [6.45, 7) is 1.65. The molecule has 0 radical (unpaired) electrons. The number of likely N-dealkylation sites (N-methyl/N-ethyl adjacent to an activating group) is 1. The topological polar surface area (TPSA) is 49.8 Å². The molecule has 8 heteroatoms. The maximum atomic E-state index is 13.0. The third kappa shape index (κ3) is 6.97. The van der Waals surface area contributed by atoms with Crippen molar-refractivity contribution in [1.82, 2.24) is 4.90 Å². The van der Waals surface area contributed by atoms with E-state index in [0.717, 1.165) is 23.1 Å². The maximum absolute atomic E-state index is 13.0. The zero-order valence-electron chi connectivity index (χ0n) is 16.3. The molecule has 2 aromatic carbocycles.